The SMILES string of the molecule is Cc1ccc(C(=O)O)c(F)c1F.Cc1ccc(F)cc1C(=O)O.Cc1cccc(C(=O)O)c1. The maximum absolute atomic E-state index is 12.8. The molecule has 0 fully saturated rings. The molecule has 0 aliphatic heterocycles. The molecule has 33 heavy (non-hydrogen) atoms. The van der Waals surface area contributed by atoms with Gasteiger partial charge in [0.15, 0.2) is 11.6 Å². The van der Waals surface area contributed by atoms with Gasteiger partial charge in [-0.15, -0.1) is 0 Å². The molecule has 0 amide bonds. The Morgan fingerprint density at radius 2 is 1.21 bits per heavy atom. The molecule has 9 heteroatoms. The lowest BCUT2D eigenvalue weighted by molar-refractivity contribution is 0.0681. The molecule has 0 saturated carbocycles. The summed E-state index contributed by atoms with van der Waals surface area (Å²) in [5.74, 6) is -6.36. The van der Waals surface area contributed by atoms with Crippen molar-refractivity contribution in [3.8, 4) is 0 Å². The minimum atomic E-state index is -1.47. The van der Waals surface area contributed by atoms with E-state index in [1.165, 1.54) is 25.1 Å². The maximum Gasteiger partial charge on any atom is 0.338 e. The third-order valence-electron chi connectivity index (χ3n) is 4.20. The van der Waals surface area contributed by atoms with Crippen LogP contribution in [0.2, 0.25) is 0 Å². The summed E-state index contributed by atoms with van der Waals surface area (Å²) in [7, 11) is 0. The van der Waals surface area contributed by atoms with Crippen LogP contribution in [-0.4, -0.2) is 33.2 Å². The Morgan fingerprint density at radius 3 is 1.67 bits per heavy atom. The lowest BCUT2D eigenvalue weighted by Crippen LogP contribution is -2.03. The minimum absolute atomic E-state index is 0.0185. The Kier molecular flexibility index (Phi) is 9.81. The molecule has 6 nitrogen and oxygen atoms in total. The Bertz CT molecular complexity index is 1170. The number of rotatable bonds is 3. The molecule has 0 saturated heterocycles. The minimum Gasteiger partial charge on any atom is -0.478 e. The first kappa shape index (κ1) is 26.9. The lowest BCUT2D eigenvalue weighted by atomic mass is 10.1. The highest BCUT2D eigenvalue weighted by Gasteiger charge is 2.15. The normalized spacial score (nSPS) is 9.64. The molecule has 0 aromatic heterocycles. The topological polar surface area (TPSA) is 112 Å². The van der Waals surface area contributed by atoms with Crippen molar-refractivity contribution >= 4 is 17.9 Å². The Labute approximate surface area is 187 Å². The van der Waals surface area contributed by atoms with Gasteiger partial charge in [0.05, 0.1) is 16.7 Å². The number of aryl methyl sites for hydroxylation is 3. The molecule has 3 N–H and O–H groups in total. The summed E-state index contributed by atoms with van der Waals surface area (Å²) in [5, 5.41) is 25.4. The number of hydrogen-bond donors (Lipinski definition) is 3. The van der Waals surface area contributed by atoms with E-state index in [2.05, 4.69) is 0 Å². The van der Waals surface area contributed by atoms with Crippen molar-refractivity contribution in [2.24, 2.45) is 0 Å². The van der Waals surface area contributed by atoms with Gasteiger partial charge in [-0.05, 0) is 62.2 Å². The van der Waals surface area contributed by atoms with Crippen LogP contribution in [0.25, 0.3) is 0 Å². The quantitative estimate of drug-likeness (QED) is 0.474. The zero-order valence-corrected chi connectivity index (χ0v) is 17.9. The summed E-state index contributed by atoms with van der Waals surface area (Å²) in [4.78, 5) is 31.0. The van der Waals surface area contributed by atoms with E-state index in [0.29, 0.717) is 11.1 Å². The van der Waals surface area contributed by atoms with Crippen molar-refractivity contribution in [3.05, 3.63) is 105 Å². The highest BCUT2D eigenvalue weighted by Crippen LogP contribution is 2.15. The third kappa shape index (κ3) is 8.13. The van der Waals surface area contributed by atoms with E-state index in [1.54, 1.807) is 25.1 Å². The predicted octanol–water partition coefficient (Wildman–Crippen LogP) is 5.50. The van der Waals surface area contributed by atoms with Gasteiger partial charge in [-0.2, -0.15) is 0 Å². The molecule has 0 atom stereocenters. The summed E-state index contributed by atoms with van der Waals surface area (Å²) in [6, 6.07) is 12.8. The average molecular weight is 462 g/mol. The fourth-order valence-electron chi connectivity index (χ4n) is 2.41. The number of carboxylic acid groups (broad SMARTS) is 3. The van der Waals surface area contributed by atoms with E-state index in [9.17, 15) is 27.6 Å². The Morgan fingerprint density at radius 1 is 0.636 bits per heavy atom. The van der Waals surface area contributed by atoms with Gasteiger partial charge in [0.25, 0.3) is 0 Å². The van der Waals surface area contributed by atoms with E-state index in [-0.39, 0.29) is 11.1 Å². The highest BCUT2D eigenvalue weighted by atomic mass is 19.2. The molecule has 3 rings (SSSR count). The molecule has 0 radical (unpaired) electrons. The second-order valence-corrected chi connectivity index (χ2v) is 6.80. The average Bonchev–Trinajstić information content (AvgIpc) is 2.74. The maximum atomic E-state index is 12.8. The molecule has 0 spiro atoms. The molecule has 3 aromatic rings. The Balaban J connectivity index is 0.000000249. The van der Waals surface area contributed by atoms with Crippen LogP contribution in [0, 0.1) is 38.2 Å². The van der Waals surface area contributed by atoms with Crippen molar-refractivity contribution in [1.29, 1.82) is 0 Å². The van der Waals surface area contributed by atoms with Crippen molar-refractivity contribution in [1.82, 2.24) is 0 Å². The van der Waals surface area contributed by atoms with Gasteiger partial charge in [0.1, 0.15) is 5.82 Å². The summed E-state index contributed by atoms with van der Waals surface area (Å²) in [5.41, 5.74) is 1.36. The smallest absolute Gasteiger partial charge is 0.338 e. The fourth-order valence-corrected chi connectivity index (χ4v) is 2.41. The molecule has 174 valence electrons. The van der Waals surface area contributed by atoms with Gasteiger partial charge in [-0.25, -0.2) is 27.6 Å². The number of carbonyl (C=O) groups is 3. The lowest BCUT2D eigenvalue weighted by Gasteiger charge is -2.00. The van der Waals surface area contributed by atoms with E-state index in [4.69, 9.17) is 15.3 Å². The van der Waals surface area contributed by atoms with Crippen LogP contribution in [0.5, 0.6) is 0 Å². The fraction of sp³-hybridized carbons (Fsp3) is 0.125. The standard InChI is InChI=1S/C8H6F2O2.C8H7FO2.C8H8O2/c1-4-2-3-5(8(11)12)7(10)6(4)9;1-5-2-3-6(9)4-7(5)8(10)11;1-6-3-2-4-7(5-6)8(9)10/h2-3H,1H3,(H,11,12);2-4H,1H3,(H,10,11);2-5H,1H3,(H,9,10). The van der Waals surface area contributed by atoms with Crippen LogP contribution in [-0.2, 0) is 0 Å². The molecular formula is C24H21F3O6. The molecule has 3 aromatic carbocycles. The zero-order chi connectivity index (χ0) is 25.3. The van der Waals surface area contributed by atoms with E-state index < -0.39 is 40.9 Å². The first-order valence-corrected chi connectivity index (χ1v) is 9.32. The van der Waals surface area contributed by atoms with Crippen LogP contribution in [0.3, 0.4) is 0 Å². The summed E-state index contributed by atoms with van der Waals surface area (Å²) in [6.45, 7) is 4.86. The number of carboxylic acids is 3. The zero-order valence-electron chi connectivity index (χ0n) is 17.9. The van der Waals surface area contributed by atoms with Crippen LogP contribution in [0.1, 0.15) is 47.8 Å². The number of aromatic carboxylic acids is 3. The first-order valence-electron chi connectivity index (χ1n) is 9.32. The van der Waals surface area contributed by atoms with Gasteiger partial charge >= 0.3 is 17.9 Å². The number of hydrogen-bond acceptors (Lipinski definition) is 3. The van der Waals surface area contributed by atoms with Crippen molar-refractivity contribution in [2.45, 2.75) is 20.8 Å². The highest BCUT2D eigenvalue weighted by molar-refractivity contribution is 5.89. The summed E-state index contributed by atoms with van der Waals surface area (Å²) < 4.78 is 37.9. The first-order chi connectivity index (χ1) is 15.3. The largest absolute Gasteiger partial charge is 0.478 e. The number of halogens is 3. The number of benzene rings is 3. The molecular weight excluding hydrogens is 441 g/mol. The Hall–Kier alpha value is -4.14. The summed E-state index contributed by atoms with van der Waals surface area (Å²) in [6.07, 6.45) is 0. The predicted molar refractivity (Wildman–Crippen MR) is 114 cm³/mol. The van der Waals surface area contributed by atoms with Crippen molar-refractivity contribution in [3.63, 3.8) is 0 Å². The van der Waals surface area contributed by atoms with E-state index >= 15 is 0 Å². The molecule has 0 heterocycles. The van der Waals surface area contributed by atoms with Gasteiger partial charge in [0, 0.05) is 0 Å². The second kappa shape index (κ2) is 12.0. The van der Waals surface area contributed by atoms with Gasteiger partial charge < -0.3 is 15.3 Å². The van der Waals surface area contributed by atoms with Crippen LogP contribution in [0.15, 0.2) is 54.6 Å². The van der Waals surface area contributed by atoms with E-state index in [1.807, 2.05) is 13.0 Å². The van der Waals surface area contributed by atoms with Crippen molar-refractivity contribution < 1.29 is 42.9 Å². The van der Waals surface area contributed by atoms with Crippen LogP contribution < -0.4 is 0 Å². The van der Waals surface area contributed by atoms with E-state index in [0.717, 1.165) is 17.7 Å². The monoisotopic (exact) mass is 462 g/mol. The molecule has 0 bridgehead atoms. The van der Waals surface area contributed by atoms with Gasteiger partial charge in [-0.1, -0.05) is 29.8 Å². The van der Waals surface area contributed by atoms with Crippen LogP contribution >= 0.6 is 0 Å². The molecule has 0 aliphatic carbocycles. The van der Waals surface area contributed by atoms with Gasteiger partial charge in [-0.3, -0.25) is 0 Å². The van der Waals surface area contributed by atoms with Crippen molar-refractivity contribution in [2.75, 3.05) is 0 Å². The third-order valence-corrected chi connectivity index (χ3v) is 4.20. The molecule has 0 aliphatic rings. The summed E-state index contributed by atoms with van der Waals surface area (Å²) >= 11 is 0. The van der Waals surface area contributed by atoms with Gasteiger partial charge in [0.2, 0.25) is 0 Å². The van der Waals surface area contributed by atoms with Crippen LogP contribution in [0.4, 0.5) is 13.2 Å². The molecule has 0 unspecified atom stereocenters. The second-order valence-electron chi connectivity index (χ2n) is 6.80.